The molecule has 3 atom stereocenters. The Morgan fingerprint density at radius 1 is 1.36 bits per heavy atom. The zero-order chi connectivity index (χ0) is 10.6. The lowest BCUT2D eigenvalue weighted by molar-refractivity contribution is -0.167. The Morgan fingerprint density at radius 2 is 1.93 bits per heavy atom. The van der Waals surface area contributed by atoms with E-state index in [4.69, 9.17) is 5.11 Å². The molecule has 5 heteroatoms. The van der Waals surface area contributed by atoms with E-state index in [-0.39, 0.29) is 6.42 Å². The highest BCUT2D eigenvalue weighted by molar-refractivity contribution is 5.69. The third-order valence-electron chi connectivity index (χ3n) is 3.10. The fourth-order valence-corrected chi connectivity index (χ4v) is 2.33. The third-order valence-corrected chi connectivity index (χ3v) is 3.10. The van der Waals surface area contributed by atoms with Gasteiger partial charge in [-0.05, 0) is 6.42 Å². The number of carboxylic acids is 1. The zero-order valence-corrected chi connectivity index (χ0v) is 7.21. The Balaban J connectivity index is 2.35. The van der Waals surface area contributed by atoms with Crippen molar-refractivity contribution in [2.75, 3.05) is 0 Å². The molecule has 2 bridgehead atoms. The number of halogens is 3. The topological polar surface area (TPSA) is 37.3 Å². The van der Waals surface area contributed by atoms with E-state index < -0.39 is 35.8 Å². The minimum Gasteiger partial charge on any atom is -0.481 e. The van der Waals surface area contributed by atoms with Crippen molar-refractivity contribution in [2.24, 2.45) is 11.8 Å². The molecule has 0 aliphatic heterocycles. The van der Waals surface area contributed by atoms with Gasteiger partial charge in [0.05, 0.1) is 6.42 Å². The number of rotatable bonds is 2. The van der Waals surface area contributed by atoms with Crippen LogP contribution in [0.3, 0.4) is 0 Å². The van der Waals surface area contributed by atoms with Gasteiger partial charge in [0.25, 0.3) is 5.92 Å². The molecule has 0 aromatic rings. The molecule has 0 radical (unpaired) electrons. The zero-order valence-electron chi connectivity index (χ0n) is 7.21. The van der Waals surface area contributed by atoms with Gasteiger partial charge < -0.3 is 5.11 Å². The summed E-state index contributed by atoms with van der Waals surface area (Å²) in [4.78, 5) is 10.3. The normalized spacial score (nSPS) is 43.1. The number of carboxylic acid groups (broad SMARTS) is 1. The number of allylic oxidation sites excluding steroid dienone is 2. The van der Waals surface area contributed by atoms with E-state index in [1.807, 2.05) is 0 Å². The number of hydrogen-bond donors (Lipinski definition) is 1. The first kappa shape index (κ1) is 9.55. The maximum atomic E-state index is 13.9. The number of alkyl halides is 3. The molecule has 2 aliphatic carbocycles. The second-order valence-electron chi connectivity index (χ2n) is 3.89. The van der Waals surface area contributed by atoms with E-state index in [0.717, 1.165) is 0 Å². The smallest absolute Gasteiger partial charge is 0.306 e. The second-order valence-corrected chi connectivity index (χ2v) is 3.89. The van der Waals surface area contributed by atoms with Crippen LogP contribution < -0.4 is 0 Å². The van der Waals surface area contributed by atoms with Crippen LogP contribution in [0, 0.1) is 11.8 Å². The van der Waals surface area contributed by atoms with Gasteiger partial charge in [0.1, 0.15) is 0 Å². The maximum absolute atomic E-state index is 13.9. The molecule has 1 N–H and O–H groups in total. The average Bonchev–Trinajstić information content (AvgIpc) is 2.54. The van der Waals surface area contributed by atoms with Crippen molar-refractivity contribution < 1.29 is 23.1 Å². The lowest BCUT2D eigenvalue weighted by Gasteiger charge is -2.33. The second kappa shape index (κ2) is 2.52. The van der Waals surface area contributed by atoms with Crippen molar-refractivity contribution in [2.45, 2.75) is 24.4 Å². The molecular formula is C9H9F3O2. The quantitative estimate of drug-likeness (QED) is 0.701. The van der Waals surface area contributed by atoms with Gasteiger partial charge in [-0.2, -0.15) is 0 Å². The SMILES string of the molecule is O=C(O)CC1(F)C2C=CC(C2)C1(F)F. The molecule has 1 saturated carbocycles. The fraction of sp³-hybridized carbons (Fsp3) is 0.667. The van der Waals surface area contributed by atoms with Gasteiger partial charge >= 0.3 is 5.97 Å². The molecular weight excluding hydrogens is 197 g/mol. The molecule has 0 aromatic carbocycles. The summed E-state index contributed by atoms with van der Waals surface area (Å²) in [6.45, 7) is 0. The summed E-state index contributed by atoms with van der Waals surface area (Å²) in [7, 11) is 0. The van der Waals surface area contributed by atoms with Crippen LogP contribution in [-0.4, -0.2) is 22.7 Å². The Labute approximate surface area is 78.4 Å². The highest BCUT2D eigenvalue weighted by atomic mass is 19.3. The molecule has 78 valence electrons. The van der Waals surface area contributed by atoms with Crippen molar-refractivity contribution in [3.63, 3.8) is 0 Å². The van der Waals surface area contributed by atoms with Gasteiger partial charge in [0.15, 0.2) is 5.67 Å². The minimum atomic E-state index is -3.54. The van der Waals surface area contributed by atoms with Crippen LogP contribution in [0.5, 0.6) is 0 Å². The Kier molecular flexibility index (Phi) is 1.72. The summed E-state index contributed by atoms with van der Waals surface area (Å²) in [6.07, 6.45) is 1.55. The molecule has 0 amide bonds. The van der Waals surface area contributed by atoms with Gasteiger partial charge in [-0.3, -0.25) is 4.79 Å². The van der Waals surface area contributed by atoms with E-state index in [1.165, 1.54) is 12.2 Å². The summed E-state index contributed by atoms with van der Waals surface area (Å²) in [5.41, 5.74) is -2.89. The summed E-state index contributed by atoms with van der Waals surface area (Å²) < 4.78 is 40.6. The molecule has 2 aliphatic rings. The van der Waals surface area contributed by atoms with E-state index in [9.17, 15) is 18.0 Å². The predicted octanol–water partition coefficient (Wildman–Crippen LogP) is 2.01. The number of fused-ring (bicyclic) bond motifs is 2. The van der Waals surface area contributed by atoms with Gasteiger partial charge in [0.2, 0.25) is 0 Å². The fourth-order valence-electron chi connectivity index (χ4n) is 2.33. The monoisotopic (exact) mass is 206 g/mol. The summed E-state index contributed by atoms with van der Waals surface area (Å²) in [5, 5.41) is 8.40. The van der Waals surface area contributed by atoms with Crippen LogP contribution in [0.1, 0.15) is 12.8 Å². The first-order valence-corrected chi connectivity index (χ1v) is 4.35. The summed E-state index contributed by atoms with van der Waals surface area (Å²) in [6, 6.07) is 0. The van der Waals surface area contributed by atoms with Crippen molar-refractivity contribution >= 4 is 5.97 Å². The van der Waals surface area contributed by atoms with E-state index in [1.54, 1.807) is 0 Å². The molecule has 0 heterocycles. The molecule has 0 spiro atoms. The average molecular weight is 206 g/mol. The van der Waals surface area contributed by atoms with E-state index >= 15 is 0 Å². The highest BCUT2D eigenvalue weighted by Crippen LogP contribution is 2.59. The molecule has 0 saturated heterocycles. The van der Waals surface area contributed by atoms with Gasteiger partial charge in [0, 0.05) is 11.8 Å². The number of aliphatic carboxylic acids is 1. The van der Waals surface area contributed by atoms with Crippen LogP contribution in [-0.2, 0) is 4.79 Å². The predicted molar refractivity (Wildman–Crippen MR) is 41.8 cm³/mol. The van der Waals surface area contributed by atoms with Gasteiger partial charge in [-0.1, -0.05) is 12.2 Å². The molecule has 3 unspecified atom stereocenters. The van der Waals surface area contributed by atoms with Crippen LogP contribution in [0.25, 0.3) is 0 Å². The largest absolute Gasteiger partial charge is 0.481 e. The van der Waals surface area contributed by atoms with Crippen molar-refractivity contribution in [3.05, 3.63) is 12.2 Å². The number of carbonyl (C=O) groups is 1. The molecule has 14 heavy (non-hydrogen) atoms. The van der Waals surface area contributed by atoms with Crippen LogP contribution in [0.15, 0.2) is 12.2 Å². The lowest BCUT2D eigenvalue weighted by atomic mass is 9.84. The summed E-state index contributed by atoms with van der Waals surface area (Å²) >= 11 is 0. The van der Waals surface area contributed by atoms with Crippen molar-refractivity contribution in [1.82, 2.24) is 0 Å². The van der Waals surface area contributed by atoms with E-state index in [2.05, 4.69) is 0 Å². The van der Waals surface area contributed by atoms with Gasteiger partial charge in [-0.25, -0.2) is 13.2 Å². The Morgan fingerprint density at radius 3 is 2.36 bits per heavy atom. The first-order valence-electron chi connectivity index (χ1n) is 4.35. The summed E-state index contributed by atoms with van der Waals surface area (Å²) in [5.74, 6) is -7.13. The number of hydrogen-bond acceptors (Lipinski definition) is 1. The van der Waals surface area contributed by atoms with Crippen LogP contribution >= 0.6 is 0 Å². The molecule has 2 rings (SSSR count). The van der Waals surface area contributed by atoms with Gasteiger partial charge in [-0.15, -0.1) is 0 Å². The van der Waals surface area contributed by atoms with Crippen LogP contribution in [0.4, 0.5) is 13.2 Å². The van der Waals surface area contributed by atoms with Crippen LogP contribution in [0.2, 0.25) is 0 Å². The Bertz CT molecular complexity index is 313. The molecule has 0 aromatic heterocycles. The van der Waals surface area contributed by atoms with Crippen molar-refractivity contribution in [3.8, 4) is 0 Å². The molecule has 2 nitrogen and oxygen atoms in total. The molecule has 1 fully saturated rings. The first-order chi connectivity index (χ1) is 6.38. The Hall–Kier alpha value is -1.00. The lowest BCUT2D eigenvalue weighted by Crippen LogP contribution is -2.48. The maximum Gasteiger partial charge on any atom is 0.306 e. The van der Waals surface area contributed by atoms with E-state index in [0.29, 0.717) is 0 Å². The standard InChI is InChI=1S/C9H9F3O2/c10-8(4-7(13)14)5-1-2-6(3-5)9(8,11)12/h1-2,5-6H,3-4H2,(H,13,14). The minimum absolute atomic E-state index is 0.0246. The highest BCUT2D eigenvalue weighted by Gasteiger charge is 2.70. The van der Waals surface area contributed by atoms with Crippen molar-refractivity contribution in [1.29, 1.82) is 0 Å². The third kappa shape index (κ3) is 0.952.